The quantitative estimate of drug-likeness (QED) is 0.360. The summed E-state index contributed by atoms with van der Waals surface area (Å²) >= 11 is 5.85. The van der Waals surface area contributed by atoms with Gasteiger partial charge in [-0.05, 0) is 35.9 Å². The van der Waals surface area contributed by atoms with Crippen LogP contribution in [0.3, 0.4) is 0 Å². The van der Waals surface area contributed by atoms with E-state index in [1.165, 1.54) is 24.1 Å². The largest absolute Gasteiger partial charge is 0.495 e. The highest BCUT2D eigenvalue weighted by molar-refractivity contribution is 7.89. The van der Waals surface area contributed by atoms with Crippen LogP contribution in [0, 0.1) is 0 Å². The van der Waals surface area contributed by atoms with Crippen LogP contribution in [0.25, 0.3) is 0 Å². The summed E-state index contributed by atoms with van der Waals surface area (Å²) in [5.74, 6) is -1.24. The molecule has 10 heteroatoms. The second-order valence-electron chi connectivity index (χ2n) is 6.77. The van der Waals surface area contributed by atoms with Gasteiger partial charge >= 0.3 is 5.97 Å². The van der Waals surface area contributed by atoms with E-state index in [1.807, 2.05) is 0 Å². The van der Waals surface area contributed by atoms with Crippen LogP contribution in [0.4, 0.5) is 0 Å². The molecule has 0 spiro atoms. The topological polar surface area (TPSA) is 102 Å². The maximum Gasteiger partial charge on any atom is 0.338 e. The van der Waals surface area contributed by atoms with Gasteiger partial charge in [-0.3, -0.25) is 4.79 Å². The summed E-state index contributed by atoms with van der Waals surface area (Å²) in [6, 6.07) is 10.5. The minimum atomic E-state index is -4.04. The molecule has 0 radical (unpaired) electrons. The molecule has 1 amide bonds. The number of amides is 1. The summed E-state index contributed by atoms with van der Waals surface area (Å²) in [4.78, 5) is 25.9. The average molecular weight is 493 g/mol. The van der Waals surface area contributed by atoms with E-state index in [4.69, 9.17) is 21.1 Å². The Morgan fingerprint density at radius 3 is 2.30 bits per heavy atom. The number of carbonyl (C=O) groups excluding carboxylic acids is 2. The van der Waals surface area contributed by atoms with E-state index in [9.17, 15) is 18.0 Å². The lowest BCUT2D eigenvalue weighted by atomic mass is 10.2. The maximum atomic E-state index is 12.9. The fourth-order valence-electron chi connectivity index (χ4n) is 2.76. The van der Waals surface area contributed by atoms with Crippen molar-refractivity contribution in [3.63, 3.8) is 0 Å². The molecule has 0 bridgehead atoms. The van der Waals surface area contributed by atoms with Crippen molar-refractivity contribution >= 4 is 33.5 Å². The van der Waals surface area contributed by atoms with Crippen molar-refractivity contribution in [3.05, 3.63) is 83.9 Å². The number of carbonyl (C=O) groups is 2. The molecule has 0 fully saturated rings. The van der Waals surface area contributed by atoms with E-state index in [1.54, 1.807) is 36.4 Å². The van der Waals surface area contributed by atoms with Gasteiger partial charge in [-0.1, -0.05) is 35.9 Å². The zero-order chi connectivity index (χ0) is 24.4. The molecule has 0 saturated heterocycles. The van der Waals surface area contributed by atoms with Crippen LogP contribution >= 0.6 is 11.6 Å². The van der Waals surface area contributed by atoms with Crippen molar-refractivity contribution in [2.45, 2.75) is 11.4 Å². The molecule has 2 aromatic carbocycles. The first kappa shape index (κ1) is 26.1. The van der Waals surface area contributed by atoms with Crippen molar-refractivity contribution < 1.29 is 27.5 Å². The number of benzene rings is 2. The number of sulfonamides is 1. The number of ether oxygens (including phenoxy) is 2. The molecule has 1 N–H and O–H groups in total. The van der Waals surface area contributed by atoms with E-state index >= 15 is 0 Å². The van der Waals surface area contributed by atoms with Gasteiger partial charge in [0, 0.05) is 24.7 Å². The Hall–Kier alpha value is -3.14. The van der Waals surface area contributed by atoms with Gasteiger partial charge in [-0.2, -0.15) is 0 Å². The number of hydrogen-bond acceptors (Lipinski definition) is 6. The van der Waals surface area contributed by atoms with Crippen molar-refractivity contribution in [2.24, 2.45) is 0 Å². The highest BCUT2D eigenvalue weighted by Gasteiger charge is 2.23. The fourth-order valence-corrected chi connectivity index (χ4v) is 4.10. The normalized spacial score (nSPS) is 10.8. The summed E-state index contributed by atoms with van der Waals surface area (Å²) in [6.07, 6.45) is 3.09. The van der Waals surface area contributed by atoms with Gasteiger partial charge in [-0.25, -0.2) is 17.9 Å². The Morgan fingerprint density at radius 2 is 1.73 bits per heavy atom. The summed E-state index contributed by atoms with van der Waals surface area (Å²) in [6.45, 7) is 7.20. The molecule has 176 valence electrons. The van der Waals surface area contributed by atoms with Crippen LogP contribution in [-0.4, -0.2) is 52.0 Å². The Kier molecular flexibility index (Phi) is 9.65. The molecule has 8 nitrogen and oxygen atoms in total. The standard InChI is InChI=1S/C23H25ClN2O6S/c1-4-12-26(13-5-2)22(27)16-32-23(28)18-8-11-20(31-3)21(14-18)33(29,30)25-15-17-6-9-19(24)10-7-17/h4-11,14,25H,1-2,12-13,15-16H2,3H3. The summed E-state index contributed by atoms with van der Waals surface area (Å²) in [5.41, 5.74) is 0.647. The summed E-state index contributed by atoms with van der Waals surface area (Å²) < 4.78 is 38.4. The smallest absolute Gasteiger partial charge is 0.338 e. The summed E-state index contributed by atoms with van der Waals surface area (Å²) in [5, 5.41) is 0.532. The molecule has 33 heavy (non-hydrogen) atoms. The van der Waals surface area contributed by atoms with Crippen LogP contribution < -0.4 is 9.46 Å². The zero-order valence-electron chi connectivity index (χ0n) is 18.1. The first-order valence-electron chi connectivity index (χ1n) is 9.80. The Bertz CT molecular complexity index is 1110. The highest BCUT2D eigenvalue weighted by atomic mass is 35.5. The average Bonchev–Trinajstić information content (AvgIpc) is 2.81. The molecule has 0 aromatic heterocycles. The number of nitrogens with zero attached hydrogens (tertiary/aromatic N) is 1. The number of rotatable bonds is 12. The van der Waals surface area contributed by atoms with Gasteiger partial charge in [0.15, 0.2) is 6.61 Å². The van der Waals surface area contributed by atoms with Crippen LogP contribution in [0.5, 0.6) is 5.75 Å². The molecule has 0 saturated carbocycles. The molecule has 0 atom stereocenters. The molecule has 2 aromatic rings. The first-order valence-corrected chi connectivity index (χ1v) is 11.7. The van der Waals surface area contributed by atoms with Crippen LogP contribution in [0.15, 0.2) is 72.7 Å². The number of esters is 1. The second kappa shape index (κ2) is 12.2. The van der Waals surface area contributed by atoms with Crippen molar-refractivity contribution in [1.29, 1.82) is 0 Å². The summed E-state index contributed by atoms with van der Waals surface area (Å²) in [7, 11) is -2.72. The van der Waals surface area contributed by atoms with Crippen LogP contribution in [0.1, 0.15) is 15.9 Å². The third-order valence-electron chi connectivity index (χ3n) is 4.45. The number of methoxy groups -OCH3 is 1. The minimum Gasteiger partial charge on any atom is -0.495 e. The Balaban J connectivity index is 2.15. The highest BCUT2D eigenvalue weighted by Crippen LogP contribution is 2.25. The van der Waals surface area contributed by atoms with Gasteiger partial charge in [0.2, 0.25) is 10.0 Å². The van der Waals surface area contributed by atoms with Gasteiger partial charge in [0.25, 0.3) is 5.91 Å². The molecule has 0 aliphatic rings. The monoisotopic (exact) mass is 492 g/mol. The van der Waals surface area contributed by atoms with E-state index < -0.39 is 28.5 Å². The van der Waals surface area contributed by atoms with Crippen molar-refractivity contribution in [1.82, 2.24) is 9.62 Å². The van der Waals surface area contributed by atoms with Gasteiger partial charge < -0.3 is 14.4 Å². The lowest BCUT2D eigenvalue weighted by molar-refractivity contribution is -0.133. The number of nitrogens with one attached hydrogen (secondary N) is 1. The van der Waals surface area contributed by atoms with E-state index in [0.717, 1.165) is 6.07 Å². The van der Waals surface area contributed by atoms with E-state index in [0.29, 0.717) is 10.6 Å². The number of hydrogen-bond donors (Lipinski definition) is 1. The maximum absolute atomic E-state index is 12.9. The van der Waals surface area contributed by atoms with Gasteiger partial charge in [0.05, 0.1) is 12.7 Å². The van der Waals surface area contributed by atoms with E-state index in [2.05, 4.69) is 17.9 Å². The molecule has 0 aliphatic carbocycles. The molecule has 0 unspecified atom stereocenters. The predicted molar refractivity (Wildman–Crippen MR) is 126 cm³/mol. The first-order chi connectivity index (χ1) is 15.7. The van der Waals surface area contributed by atoms with Gasteiger partial charge in [0.1, 0.15) is 10.6 Å². The van der Waals surface area contributed by atoms with Crippen LogP contribution in [0.2, 0.25) is 5.02 Å². The molecule has 0 aliphatic heterocycles. The molecular formula is C23H25ClN2O6S. The SMILES string of the molecule is C=CCN(CC=C)C(=O)COC(=O)c1ccc(OC)c(S(=O)(=O)NCc2ccc(Cl)cc2)c1. The number of halogens is 1. The third-order valence-corrected chi connectivity index (χ3v) is 6.12. The van der Waals surface area contributed by atoms with Crippen LogP contribution in [-0.2, 0) is 26.1 Å². The second-order valence-corrected chi connectivity index (χ2v) is 8.94. The van der Waals surface area contributed by atoms with Crippen molar-refractivity contribution in [3.8, 4) is 5.75 Å². The lowest BCUT2D eigenvalue weighted by Crippen LogP contribution is -2.35. The Labute approximate surface area is 198 Å². The van der Waals surface area contributed by atoms with E-state index in [-0.39, 0.29) is 35.8 Å². The molecule has 0 heterocycles. The van der Waals surface area contributed by atoms with Gasteiger partial charge in [-0.15, -0.1) is 13.2 Å². The lowest BCUT2D eigenvalue weighted by Gasteiger charge is -2.19. The molecule has 2 rings (SSSR count). The predicted octanol–water partition coefficient (Wildman–Crippen LogP) is 3.18. The Morgan fingerprint density at radius 1 is 1.09 bits per heavy atom. The minimum absolute atomic E-state index is 0.00821. The fraction of sp³-hybridized carbons (Fsp3) is 0.217. The zero-order valence-corrected chi connectivity index (χ0v) is 19.7. The van der Waals surface area contributed by atoms with Crippen molar-refractivity contribution in [2.75, 3.05) is 26.8 Å². The third kappa shape index (κ3) is 7.45. The molecular weight excluding hydrogens is 468 g/mol.